The Bertz CT molecular complexity index is 846. The van der Waals surface area contributed by atoms with Crippen molar-refractivity contribution in [3.05, 3.63) is 52.8 Å². The zero-order chi connectivity index (χ0) is 19.2. The Hall–Kier alpha value is -2.25. The molecule has 1 aliphatic rings. The average Bonchev–Trinajstić information content (AvgIpc) is 3.26. The van der Waals surface area contributed by atoms with Crippen LogP contribution in [0.5, 0.6) is 11.5 Å². The number of furan rings is 1. The molecule has 0 saturated carbocycles. The van der Waals surface area contributed by atoms with Crippen LogP contribution in [-0.2, 0) is 11.3 Å². The molecule has 142 valence electrons. The van der Waals surface area contributed by atoms with Gasteiger partial charge in [0.1, 0.15) is 10.1 Å². The van der Waals surface area contributed by atoms with E-state index in [0.717, 1.165) is 12.0 Å². The molecule has 0 bridgehead atoms. The van der Waals surface area contributed by atoms with Crippen LogP contribution in [-0.4, -0.2) is 28.3 Å². The summed E-state index contributed by atoms with van der Waals surface area (Å²) in [5.74, 6) is 1.96. The number of benzene rings is 1. The minimum absolute atomic E-state index is 0.120. The van der Waals surface area contributed by atoms with E-state index in [4.69, 9.17) is 26.1 Å². The molecule has 3 rings (SSSR count). The van der Waals surface area contributed by atoms with Gasteiger partial charge in [0.05, 0.1) is 30.9 Å². The Balaban J connectivity index is 1.80. The number of thiocarbonyl (C=S) groups is 1. The highest BCUT2D eigenvalue weighted by molar-refractivity contribution is 8.26. The zero-order valence-electron chi connectivity index (χ0n) is 15.3. The van der Waals surface area contributed by atoms with E-state index in [2.05, 4.69) is 6.92 Å². The molecule has 1 fully saturated rings. The van der Waals surface area contributed by atoms with Crippen molar-refractivity contribution in [1.82, 2.24) is 4.90 Å². The first-order chi connectivity index (χ1) is 13.1. The molecule has 0 aliphatic carbocycles. The van der Waals surface area contributed by atoms with Crippen LogP contribution in [0.25, 0.3) is 6.08 Å². The summed E-state index contributed by atoms with van der Waals surface area (Å²) >= 11 is 6.65. The van der Waals surface area contributed by atoms with Gasteiger partial charge in [0.2, 0.25) is 0 Å². The van der Waals surface area contributed by atoms with Crippen molar-refractivity contribution in [2.45, 2.75) is 26.8 Å². The number of hydrogen-bond acceptors (Lipinski definition) is 6. The van der Waals surface area contributed by atoms with E-state index in [1.807, 2.05) is 37.3 Å². The minimum Gasteiger partial charge on any atom is -0.490 e. The Morgan fingerprint density at radius 3 is 2.78 bits per heavy atom. The second-order valence-electron chi connectivity index (χ2n) is 5.83. The van der Waals surface area contributed by atoms with Gasteiger partial charge < -0.3 is 13.9 Å². The highest BCUT2D eigenvalue weighted by Crippen LogP contribution is 2.35. The molecular weight excluding hydrogens is 382 g/mol. The number of thioether (sulfide) groups is 1. The van der Waals surface area contributed by atoms with Crippen molar-refractivity contribution in [1.29, 1.82) is 0 Å². The normalized spacial score (nSPS) is 15.6. The van der Waals surface area contributed by atoms with Crippen LogP contribution in [0.15, 0.2) is 45.9 Å². The summed E-state index contributed by atoms with van der Waals surface area (Å²) in [7, 11) is 0. The molecule has 1 aromatic carbocycles. The molecule has 2 heterocycles. The summed E-state index contributed by atoms with van der Waals surface area (Å²) in [6, 6.07) is 9.28. The first kappa shape index (κ1) is 19.5. The van der Waals surface area contributed by atoms with Crippen LogP contribution >= 0.6 is 24.0 Å². The van der Waals surface area contributed by atoms with Crippen molar-refractivity contribution >= 4 is 40.3 Å². The molecule has 7 heteroatoms. The lowest BCUT2D eigenvalue weighted by molar-refractivity contribution is -0.122. The quantitative estimate of drug-likeness (QED) is 0.463. The van der Waals surface area contributed by atoms with Gasteiger partial charge in [-0.1, -0.05) is 37.0 Å². The van der Waals surface area contributed by atoms with Crippen molar-refractivity contribution < 1.29 is 18.7 Å². The first-order valence-electron chi connectivity index (χ1n) is 8.79. The third kappa shape index (κ3) is 4.73. The van der Waals surface area contributed by atoms with Gasteiger partial charge in [0.15, 0.2) is 11.5 Å². The maximum absolute atomic E-state index is 12.7. The molecule has 1 aliphatic heterocycles. The molecule has 0 atom stereocenters. The van der Waals surface area contributed by atoms with Gasteiger partial charge >= 0.3 is 0 Å². The Morgan fingerprint density at radius 1 is 1.22 bits per heavy atom. The molecule has 2 aromatic rings. The average molecular weight is 404 g/mol. The number of ether oxygens (including phenoxy) is 2. The fraction of sp³-hybridized carbons (Fsp3) is 0.300. The number of rotatable bonds is 8. The van der Waals surface area contributed by atoms with Gasteiger partial charge in [-0.3, -0.25) is 9.69 Å². The van der Waals surface area contributed by atoms with Crippen molar-refractivity contribution in [2.75, 3.05) is 13.2 Å². The molecule has 1 amide bonds. The lowest BCUT2D eigenvalue weighted by Crippen LogP contribution is -2.27. The molecule has 0 radical (unpaired) electrons. The Labute approximate surface area is 168 Å². The second-order valence-corrected chi connectivity index (χ2v) is 7.51. The number of carbonyl (C=O) groups is 1. The number of hydrogen-bond donors (Lipinski definition) is 0. The summed E-state index contributed by atoms with van der Waals surface area (Å²) in [6.07, 6.45) is 4.33. The fourth-order valence-corrected chi connectivity index (χ4v) is 3.82. The number of amides is 1. The molecular formula is C20H21NO4S2. The monoisotopic (exact) mass is 403 g/mol. The van der Waals surface area contributed by atoms with Crippen LogP contribution in [0.3, 0.4) is 0 Å². The zero-order valence-corrected chi connectivity index (χ0v) is 16.9. The molecule has 5 nitrogen and oxygen atoms in total. The summed E-state index contributed by atoms with van der Waals surface area (Å²) in [5, 5.41) is 0. The van der Waals surface area contributed by atoms with Crippen LogP contribution < -0.4 is 9.47 Å². The first-order valence-corrected chi connectivity index (χ1v) is 10.0. The number of carbonyl (C=O) groups excluding carboxylic acids is 1. The van der Waals surface area contributed by atoms with Gasteiger partial charge in [-0.25, -0.2) is 0 Å². The predicted octanol–water partition coefficient (Wildman–Crippen LogP) is 4.87. The summed E-state index contributed by atoms with van der Waals surface area (Å²) < 4.78 is 17.2. The van der Waals surface area contributed by atoms with E-state index < -0.39 is 0 Å². The smallest absolute Gasteiger partial charge is 0.266 e. The third-order valence-corrected chi connectivity index (χ3v) is 5.17. The highest BCUT2D eigenvalue weighted by Gasteiger charge is 2.32. The standard InChI is InChI=1S/C20H21NO4S2/c1-3-9-25-16-8-7-14(11-17(16)23-4-2)12-18-19(22)21(20(26)27-18)13-15-6-5-10-24-15/h5-8,10-12H,3-4,9,13H2,1-2H3/b18-12+. The van der Waals surface area contributed by atoms with Gasteiger partial charge in [0, 0.05) is 0 Å². The van der Waals surface area contributed by atoms with Crippen molar-refractivity contribution in [3.8, 4) is 11.5 Å². The number of nitrogens with zero attached hydrogens (tertiary/aromatic N) is 1. The van der Waals surface area contributed by atoms with E-state index in [1.54, 1.807) is 17.2 Å². The van der Waals surface area contributed by atoms with Gasteiger partial charge in [-0.05, 0) is 49.2 Å². The second kappa shape index (κ2) is 9.10. The van der Waals surface area contributed by atoms with Gasteiger partial charge in [-0.15, -0.1) is 0 Å². The molecule has 0 N–H and O–H groups in total. The molecule has 27 heavy (non-hydrogen) atoms. The molecule has 1 aromatic heterocycles. The SMILES string of the molecule is CCCOc1ccc(/C=C2/SC(=S)N(Cc3ccco3)C2=O)cc1OCC. The van der Waals surface area contributed by atoms with Crippen molar-refractivity contribution in [2.24, 2.45) is 0 Å². The lowest BCUT2D eigenvalue weighted by atomic mass is 10.2. The van der Waals surface area contributed by atoms with Crippen LogP contribution in [0.4, 0.5) is 0 Å². The summed E-state index contributed by atoms with van der Waals surface area (Å²) in [5.41, 5.74) is 0.862. The van der Waals surface area contributed by atoms with Crippen LogP contribution in [0.2, 0.25) is 0 Å². The maximum Gasteiger partial charge on any atom is 0.266 e. The topological polar surface area (TPSA) is 51.9 Å². The maximum atomic E-state index is 12.7. The third-order valence-electron chi connectivity index (χ3n) is 3.79. The summed E-state index contributed by atoms with van der Waals surface area (Å²) in [6.45, 7) is 5.49. The van der Waals surface area contributed by atoms with E-state index in [9.17, 15) is 4.79 Å². The molecule has 0 spiro atoms. The Morgan fingerprint density at radius 2 is 2.07 bits per heavy atom. The highest BCUT2D eigenvalue weighted by atomic mass is 32.2. The lowest BCUT2D eigenvalue weighted by Gasteiger charge is -2.12. The summed E-state index contributed by atoms with van der Waals surface area (Å²) in [4.78, 5) is 14.8. The van der Waals surface area contributed by atoms with E-state index in [1.165, 1.54) is 11.8 Å². The van der Waals surface area contributed by atoms with Crippen LogP contribution in [0, 0.1) is 0 Å². The Kier molecular flexibility index (Phi) is 6.58. The van der Waals surface area contributed by atoms with E-state index in [-0.39, 0.29) is 5.91 Å². The van der Waals surface area contributed by atoms with Gasteiger partial charge in [0.25, 0.3) is 5.91 Å². The van der Waals surface area contributed by atoms with Gasteiger partial charge in [-0.2, -0.15) is 0 Å². The van der Waals surface area contributed by atoms with Crippen LogP contribution in [0.1, 0.15) is 31.6 Å². The fourth-order valence-electron chi connectivity index (χ4n) is 2.56. The predicted molar refractivity (Wildman–Crippen MR) is 111 cm³/mol. The largest absolute Gasteiger partial charge is 0.490 e. The van der Waals surface area contributed by atoms with Crippen molar-refractivity contribution in [3.63, 3.8) is 0 Å². The van der Waals surface area contributed by atoms with E-state index >= 15 is 0 Å². The molecule has 0 unspecified atom stereocenters. The van der Waals surface area contributed by atoms with E-state index in [0.29, 0.717) is 46.2 Å². The minimum atomic E-state index is -0.120. The molecule has 1 saturated heterocycles.